The van der Waals surface area contributed by atoms with E-state index in [0.717, 1.165) is 5.56 Å². The lowest BCUT2D eigenvalue weighted by atomic mass is 10.2. The maximum Gasteiger partial charge on any atom is 0.265 e. The van der Waals surface area contributed by atoms with Crippen LogP contribution in [0.3, 0.4) is 0 Å². The Kier molecular flexibility index (Phi) is 6.33. The topological polar surface area (TPSA) is 69.2 Å². The van der Waals surface area contributed by atoms with Crippen LogP contribution in [0, 0.1) is 12.7 Å². The molecule has 6 nitrogen and oxygen atoms in total. The Hall–Kier alpha value is -3.09. The van der Waals surface area contributed by atoms with Crippen LogP contribution in [-0.2, 0) is 9.63 Å². The van der Waals surface area contributed by atoms with Crippen molar-refractivity contribution < 1.29 is 23.5 Å². The van der Waals surface area contributed by atoms with Gasteiger partial charge < -0.3 is 19.6 Å². The number of benzene rings is 2. The second kappa shape index (κ2) is 8.68. The molecule has 25 heavy (non-hydrogen) atoms. The second-order valence-electron chi connectivity index (χ2n) is 5.13. The third-order valence-corrected chi connectivity index (χ3v) is 3.34. The number of hydrogen-bond acceptors (Lipinski definition) is 5. The number of hydrogen-bond donors (Lipinski definition) is 1. The zero-order chi connectivity index (χ0) is 18.2. The van der Waals surface area contributed by atoms with Crippen LogP contribution >= 0.6 is 0 Å². The molecule has 0 aliphatic heterocycles. The van der Waals surface area contributed by atoms with Crippen molar-refractivity contribution in [1.82, 2.24) is 0 Å². The number of ether oxygens (including phenoxy) is 2. The van der Waals surface area contributed by atoms with Crippen LogP contribution in [0.2, 0.25) is 0 Å². The maximum atomic E-state index is 13.4. The summed E-state index contributed by atoms with van der Waals surface area (Å²) in [5.74, 6) is 0.341. The van der Waals surface area contributed by atoms with Crippen LogP contribution in [0.4, 0.5) is 10.1 Å². The molecule has 0 saturated heterocycles. The van der Waals surface area contributed by atoms with E-state index in [4.69, 9.17) is 14.3 Å². The summed E-state index contributed by atoms with van der Waals surface area (Å²) in [6.45, 7) is 1.35. The molecule has 2 aromatic rings. The van der Waals surface area contributed by atoms with Gasteiger partial charge in [-0.3, -0.25) is 4.79 Å². The average molecular weight is 346 g/mol. The van der Waals surface area contributed by atoms with Crippen molar-refractivity contribution in [3.8, 4) is 11.5 Å². The average Bonchev–Trinajstić information content (AvgIpc) is 2.61. The summed E-state index contributed by atoms with van der Waals surface area (Å²) in [5.41, 5.74) is 1.59. The molecule has 0 heterocycles. The molecule has 0 saturated carbocycles. The van der Waals surface area contributed by atoms with E-state index in [0.29, 0.717) is 22.7 Å². The van der Waals surface area contributed by atoms with Gasteiger partial charge in [0.25, 0.3) is 5.91 Å². The molecule has 1 amide bonds. The summed E-state index contributed by atoms with van der Waals surface area (Å²) in [5, 5.41) is 6.26. The smallest absolute Gasteiger partial charge is 0.265 e. The number of carbonyl (C=O) groups excluding carboxylic acids is 1. The van der Waals surface area contributed by atoms with Crippen LogP contribution in [0.1, 0.15) is 11.1 Å². The number of methoxy groups -OCH3 is 2. The molecule has 2 aromatic carbocycles. The van der Waals surface area contributed by atoms with E-state index < -0.39 is 5.91 Å². The molecule has 0 fully saturated rings. The van der Waals surface area contributed by atoms with Gasteiger partial charge in [0.15, 0.2) is 18.1 Å². The summed E-state index contributed by atoms with van der Waals surface area (Å²) in [6.07, 6.45) is 1.45. The summed E-state index contributed by atoms with van der Waals surface area (Å²) in [6, 6.07) is 9.67. The molecule has 0 bridgehead atoms. The maximum absolute atomic E-state index is 13.4. The number of anilines is 1. The number of nitrogens with one attached hydrogen (secondary N) is 1. The van der Waals surface area contributed by atoms with Crippen LogP contribution < -0.4 is 14.8 Å². The highest BCUT2D eigenvalue weighted by molar-refractivity contribution is 5.91. The first-order valence-corrected chi connectivity index (χ1v) is 7.47. The Morgan fingerprint density at radius 2 is 1.92 bits per heavy atom. The van der Waals surface area contributed by atoms with Gasteiger partial charge >= 0.3 is 0 Å². The third-order valence-electron chi connectivity index (χ3n) is 3.34. The van der Waals surface area contributed by atoms with E-state index in [9.17, 15) is 9.18 Å². The summed E-state index contributed by atoms with van der Waals surface area (Å²) >= 11 is 0. The normalized spacial score (nSPS) is 10.6. The fraction of sp³-hybridized carbons (Fsp3) is 0.222. The zero-order valence-corrected chi connectivity index (χ0v) is 14.2. The predicted molar refractivity (Wildman–Crippen MR) is 92.9 cm³/mol. The van der Waals surface area contributed by atoms with Crippen molar-refractivity contribution in [1.29, 1.82) is 0 Å². The second-order valence-corrected chi connectivity index (χ2v) is 5.13. The molecule has 0 unspecified atom stereocenters. The van der Waals surface area contributed by atoms with E-state index in [1.54, 1.807) is 44.4 Å². The minimum absolute atomic E-state index is 0.292. The summed E-state index contributed by atoms with van der Waals surface area (Å²) < 4.78 is 23.7. The molecule has 0 aliphatic carbocycles. The molecule has 132 valence electrons. The highest BCUT2D eigenvalue weighted by Crippen LogP contribution is 2.26. The van der Waals surface area contributed by atoms with Crippen molar-refractivity contribution in [2.24, 2.45) is 5.16 Å². The van der Waals surface area contributed by atoms with E-state index in [-0.39, 0.29) is 12.4 Å². The molecular formula is C18H19FN2O4. The largest absolute Gasteiger partial charge is 0.493 e. The lowest BCUT2D eigenvalue weighted by Gasteiger charge is -2.07. The standard InChI is InChI=1S/C18H19FN2O4/c1-12-4-6-14(9-15(12)19)21-18(22)11-25-20-10-13-5-7-16(23-2)17(8-13)24-3/h4-10H,11H2,1-3H3,(H,21,22)/b20-10+. The number of amides is 1. The Bertz CT molecular complexity index is 778. The third kappa shape index (κ3) is 5.20. The van der Waals surface area contributed by atoms with Crippen molar-refractivity contribution >= 4 is 17.8 Å². The fourth-order valence-corrected chi connectivity index (χ4v) is 1.99. The van der Waals surface area contributed by atoms with E-state index in [1.807, 2.05) is 0 Å². The minimum atomic E-state index is -0.437. The molecule has 0 aliphatic rings. The van der Waals surface area contributed by atoms with Crippen molar-refractivity contribution in [2.45, 2.75) is 6.92 Å². The van der Waals surface area contributed by atoms with Gasteiger partial charge in [-0.25, -0.2) is 4.39 Å². The van der Waals surface area contributed by atoms with Crippen LogP contribution in [0.15, 0.2) is 41.6 Å². The minimum Gasteiger partial charge on any atom is -0.493 e. The number of carbonyl (C=O) groups is 1. The number of oxime groups is 1. The molecule has 0 atom stereocenters. The quantitative estimate of drug-likeness (QED) is 0.618. The lowest BCUT2D eigenvalue weighted by molar-refractivity contribution is -0.120. The van der Waals surface area contributed by atoms with Crippen LogP contribution in [0.5, 0.6) is 11.5 Å². The van der Waals surface area contributed by atoms with Gasteiger partial charge in [0, 0.05) is 11.3 Å². The molecule has 0 spiro atoms. The summed E-state index contributed by atoms with van der Waals surface area (Å²) in [7, 11) is 3.08. The number of aryl methyl sites for hydroxylation is 1. The Morgan fingerprint density at radius 3 is 2.60 bits per heavy atom. The predicted octanol–water partition coefficient (Wildman–Crippen LogP) is 3.14. The molecule has 0 aromatic heterocycles. The van der Waals surface area contributed by atoms with Crippen LogP contribution in [-0.4, -0.2) is 32.9 Å². The first kappa shape index (κ1) is 18.3. The van der Waals surface area contributed by atoms with Gasteiger partial charge in [0.2, 0.25) is 0 Å². The molecule has 1 N–H and O–H groups in total. The molecule has 7 heteroatoms. The molecule has 2 rings (SSSR count). The Morgan fingerprint density at radius 1 is 1.16 bits per heavy atom. The molecular weight excluding hydrogens is 327 g/mol. The van der Waals surface area contributed by atoms with Crippen molar-refractivity contribution in [2.75, 3.05) is 26.1 Å². The number of rotatable bonds is 7. The molecule has 0 radical (unpaired) electrons. The van der Waals surface area contributed by atoms with E-state index >= 15 is 0 Å². The first-order chi connectivity index (χ1) is 12.0. The summed E-state index contributed by atoms with van der Waals surface area (Å²) in [4.78, 5) is 16.7. The van der Waals surface area contributed by atoms with E-state index in [2.05, 4.69) is 10.5 Å². The van der Waals surface area contributed by atoms with Gasteiger partial charge in [0.05, 0.1) is 20.4 Å². The fourth-order valence-electron chi connectivity index (χ4n) is 1.99. The van der Waals surface area contributed by atoms with Gasteiger partial charge in [0.1, 0.15) is 5.82 Å². The number of nitrogens with zero attached hydrogens (tertiary/aromatic N) is 1. The van der Waals surface area contributed by atoms with Crippen LogP contribution in [0.25, 0.3) is 0 Å². The monoisotopic (exact) mass is 346 g/mol. The van der Waals surface area contributed by atoms with E-state index in [1.165, 1.54) is 19.4 Å². The Labute approximate surface area is 145 Å². The highest BCUT2D eigenvalue weighted by Gasteiger charge is 2.06. The lowest BCUT2D eigenvalue weighted by Crippen LogP contribution is -2.17. The number of halogens is 1. The van der Waals surface area contributed by atoms with Gasteiger partial charge in [-0.2, -0.15) is 0 Å². The van der Waals surface area contributed by atoms with Gasteiger partial charge in [-0.1, -0.05) is 11.2 Å². The highest BCUT2D eigenvalue weighted by atomic mass is 19.1. The van der Waals surface area contributed by atoms with Gasteiger partial charge in [-0.15, -0.1) is 0 Å². The SMILES string of the molecule is COc1ccc(/C=N/OCC(=O)Nc2ccc(C)c(F)c2)cc1OC. The van der Waals surface area contributed by atoms with Crippen molar-refractivity contribution in [3.05, 3.63) is 53.3 Å². The van der Waals surface area contributed by atoms with Crippen molar-refractivity contribution in [3.63, 3.8) is 0 Å². The van der Waals surface area contributed by atoms with Gasteiger partial charge in [-0.05, 0) is 42.8 Å². The first-order valence-electron chi connectivity index (χ1n) is 7.47. The Balaban J connectivity index is 1.86. The zero-order valence-electron chi connectivity index (χ0n) is 14.2.